The van der Waals surface area contributed by atoms with Crippen LogP contribution in [0.3, 0.4) is 0 Å². The van der Waals surface area contributed by atoms with Gasteiger partial charge in [0.25, 0.3) is 5.78 Å². The number of hydrogen-bond acceptors (Lipinski definition) is 6. The SMILES string of the molecule is Cc1cc(C)n2c(SCC(=O)N(C)Cc3ccco3)nnc2n1. The Kier molecular flexibility index (Phi) is 4.33. The average Bonchev–Trinajstić information content (AvgIpc) is 3.14. The smallest absolute Gasteiger partial charge is 0.256 e. The molecule has 0 saturated carbocycles. The third-order valence-electron chi connectivity index (χ3n) is 3.39. The van der Waals surface area contributed by atoms with Crippen molar-refractivity contribution in [2.45, 2.75) is 25.5 Å². The molecule has 0 radical (unpaired) electrons. The Balaban J connectivity index is 1.67. The van der Waals surface area contributed by atoms with Crippen LogP contribution in [0, 0.1) is 13.8 Å². The molecule has 0 atom stereocenters. The van der Waals surface area contributed by atoms with Gasteiger partial charge >= 0.3 is 0 Å². The van der Waals surface area contributed by atoms with Crippen LogP contribution in [0.4, 0.5) is 0 Å². The summed E-state index contributed by atoms with van der Waals surface area (Å²) in [6.45, 7) is 4.34. The summed E-state index contributed by atoms with van der Waals surface area (Å²) in [5.41, 5.74) is 1.89. The Morgan fingerprint density at radius 1 is 1.39 bits per heavy atom. The van der Waals surface area contributed by atoms with E-state index in [0.717, 1.165) is 17.1 Å². The summed E-state index contributed by atoms with van der Waals surface area (Å²) in [5, 5.41) is 8.86. The Morgan fingerprint density at radius 3 is 2.96 bits per heavy atom. The number of rotatable bonds is 5. The molecule has 0 aromatic carbocycles. The van der Waals surface area contributed by atoms with Gasteiger partial charge in [0.05, 0.1) is 18.6 Å². The minimum Gasteiger partial charge on any atom is -0.467 e. The zero-order chi connectivity index (χ0) is 16.4. The van der Waals surface area contributed by atoms with Crippen molar-refractivity contribution in [2.75, 3.05) is 12.8 Å². The molecule has 120 valence electrons. The van der Waals surface area contributed by atoms with Gasteiger partial charge in [-0.2, -0.15) is 0 Å². The van der Waals surface area contributed by atoms with E-state index in [2.05, 4.69) is 15.2 Å². The number of aryl methyl sites for hydroxylation is 2. The second-order valence-corrected chi connectivity index (χ2v) is 6.22. The van der Waals surface area contributed by atoms with Crippen LogP contribution >= 0.6 is 11.8 Å². The van der Waals surface area contributed by atoms with Crippen molar-refractivity contribution in [3.05, 3.63) is 41.6 Å². The number of thioether (sulfide) groups is 1. The molecule has 23 heavy (non-hydrogen) atoms. The molecule has 0 fully saturated rings. The van der Waals surface area contributed by atoms with Crippen LogP contribution < -0.4 is 0 Å². The minimum absolute atomic E-state index is 0.000809. The third kappa shape index (κ3) is 3.37. The van der Waals surface area contributed by atoms with Crippen LogP contribution in [0.2, 0.25) is 0 Å². The highest BCUT2D eigenvalue weighted by molar-refractivity contribution is 7.99. The first-order chi connectivity index (χ1) is 11.0. The number of nitrogens with zero attached hydrogens (tertiary/aromatic N) is 5. The summed E-state index contributed by atoms with van der Waals surface area (Å²) in [7, 11) is 1.75. The molecule has 0 N–H and O–H groups in total. The van der Waals surface area contributed by atoms with Crippen molar-refractivity contribution < 1.29 is 9.21 Å². The monoisotopic (exact) mass is 331 g/mol. The number of fused-ring (bicyclic) bond motifs is 1. The molecule has 0 aliphatic carbocycles. The van der Waals surface area contributed by atoms with Gasteiger partial charge in [0.1, 0.15) is 5.76 Å². The molecule has 0 aliphatic rings. The van der Waals surface area contributed by atoms with Gasteiger partial charge in [-0.3, -0.25) is 9.20 Å². The molecule has 3 aromatic rings. The summed E-state index contributed by atoms with van der Waals surface area (Å²) >= 11 is 1.35. The van der Waals surface area contributed by atoms with Crippen molar-refractivity contribution in [3.8, 4) is 0 Å². The lowest BCUT2D eigenvalue weighted by Gasteiger charge is -2.15. The van der Waals surface area contributed by atoms with Crippen molar-refractivity contribution in [1.82, 2.24) is 24.5 Å². The first kappa shape index (κ1) is 15.5. The van der Waals surface area contributed by atoms with E-state index in [4.69, 9.17) is 4.42 Å². The normalized spacial score (nSPS) is 11.1. The number of carbonyl (C=O) groups excluding carboxylic acids is 1. The molecular formula is C15H17N5O2S. The number of carbonyl (C=O) groups is 1. The number of aromatic nitrogens is 4. The van der Waals surface area contributed by atoms with E-state index in [-0.39, 0.29) is 11.7 Å². The minimum atomic E-state index is 0.000809. The molecule has 7 nitrogen and oxygen atoms in total. The first-order valence-corrected chi connectivity index (χ1v) is 8.11. The molecule has 0 saturated heterocycles. The summed E-state index contributed by atoms with van der Waals surface area (Å²) in [6.07, 6.45) is 1.60. The molecule has 3 heterocycles. The second-order valence-electron chi connectivity index (χ2n) is 5.27. The van der Waals surface area contributed by atoms with Gasteiger partial charge in [0.2, 0.25) is 5.91 Å². The fraction of sp³-hybridized carbons (Fsp3) is 0.333. The van der Waals surface area contributed by atoms with Crippen LogP contribution in [0.5, 0.6) is 0 Å². The molecule has 0 aliphatic heterocycles. The van der Waals surface area contributed by atoms with Crippen LogP contribution in [-0.4, -0.2) is 43.2 Å². The lowest BCUT2D eigenvalue weighted by atomic mass is 10.3. The zero-order valence-corrected chi connectivity index (χ0v) is 14.0. The van der Waals surface area contributed by atoms with E-state index in [1.165, 1.54) is 11.8 Å². The summed E-state index contributed by atoms with van der Waals surface area (Å²) in [5.74, 6) is 1.60. The predicted molar refractivity (Wildman–Crippen MR) is 86.2 cm³/mol. The molecule has 3 rings (SSSR count). The first-order valence-electron chi connectivity index (χ1n) is 7.13. The van der Waals surface area contributed by atoms with Crippen molar-refractivity contribution in [2.24, 2.45) is 0 Å². The van der Waals surface area contributed by atoms with Crippen molar-refractivity contribution in [1.29, 1.82) is 0 Å². The maximum atomic E-state index is 12.2. The highest BCUT2D eigenvalue weighted by Crippen LogP contribution is 2.19. The number of amides is 1. The Bertz CT molecular complexity index is 828. The van der Waals surface area contributed by atoms with Crippen LogP contribution in [0.1, 0.15) is 17.1 Å². The van der Waals surface area contributed by atoms with E-state index in [1.54, 1.807) is 18.2 Å². The topological polar surface area (TPSA) is 76.5 Å². The zero-order valence-electron chi connectivity index (χ0n) is 13.2. The van der Waals surface area contributed by atoms with Crippen molar-refractivity contribution in [3.63, 3.8) is 0 Å². The van der Waals surface area contributed by atoms with Gasteiger partial charge in [-0.25, -0.2) is 4.98 Å². The van der Waals surface area contributed by atoms with Crippen molar-refractivity contribution >= 4 is 23.4 Å². The maximum absolute atomic E-state index is 12.2. The predicted octanol–water partition coefficient (Wildman–Crippen LogP) is 2.08. The largest absolute Gasteiger partial charge is 0.467 e. The highest BCUT2D eigenvalue weighted by Gasteiger charge is 2.15. The highest BCUT2D eigenvalue weighted by atomic mass is 32.2. The lowest BCUT2D eigenvalue weighted by Crippen LogP contribution is -2.27. The molecule has 0 unspecified atom stereocenters. The third-order valence-corrected chi connectivity index (χ3v) is 4.30. The van der Waals surface area contributed by atoms with Crippen LogP contribution in [0.15, 0.2) is 34.0 Å². The molecule has 1 amide bonds. The summed E-state index contributed by atoms with van der Waals surface area (Å²) < 4.78 is 7.11. The second kappa shape index (κ2) is 6.41. The molecule has 0 spiro atoms. The van der Waals surface area contributed by atoms with Gasteiger partial charge in [-0.15, -0.1) is 10.2 Å². The van der Waals surface area contributed by atoms with E-state index in [9.17, 15) is 4.79 Å². The van der Waals surface area contributed by atoms with E-state index in [0.29, 0.717) is 17.5 Å². The number of hydrogen-bond donors (Lipinski definition) is 0. The van der Waals surface area contributed by atoms with Gasteiger partial charge < -0.3 is 9.32 Å². The Labute approximate surface area is 137 Å². The van der Waals surface area contributed by atoms with Crippen LogP contribution in [0.25, 0.3) is 5.78 Å². The fourth-order valence-electron chi connectivity index (χ4n) is 2.25. The number of furan rings is 1. The quantitative estimate of drug-likeness (QED) is 0.666. The van der Waals surface area contributed by atoms with E-state index < -0.39 is 0 Å². The average molecular weight is 331 g/mol. The standard InChI is InChI=1S/C15H17N5O2S/c1-10-7-11(2)20-14(16-10)17-18-15(20)23-9-13(21)19(3)8-12-5-4-6-22-12/h4-7H,8-9H2,1-3H3. The molecular weight excluding hydrogens is 314 g/mol. The lowest BCUT2D eigenvalue weighted by molar-refractivity contribution is -0.127. The fourth-order valence-corrected chi connectivity index (χ4v) is 3.18. The van der Waals surface area contributed by atoms with Gasteiger partial charge in [-0.05, 0) is 32.0 Å². The Hall–Kier alpha value is -2.35. The van der Waals surface area contributed by atoms with Gasteiger partial charge in [-0.1, -0.05) is 11.8 Å². The summed E-state index contributed by atoms with van der Waals surface area (Å²) in [4.78, 5) is 18.2. The van der Waals surface area contributed by atoms with E-state index in [1.807, 2.05) is 36.4 Å². The Morgan fingerprint density at radius 2 is 2.22 bits per heavy atom. The van der Waals surface area contributed by atoms with E-state index >= 15 is 0 Å². The maximum Gasteiger partial charge on any atom is 0.256 e. The molecule has 0 bridgehead atoms. The van der Waals surface area contributed by atoms with Gasteiger partial charge in [0, 0.05) is 18.4 Å². The summed E-state index contributed by atoms with van der Waals surface area (Å²) in [6, 6.07) is 5.62. The molecule has 3 aromatic heterocycles. The molecule has 8 heteroatoms. The van der Waals surface area contributed by atoms with Crippen LogP contribution in [-0.2, 0) is 11.3 Å². The van der Waals surface area contributed by atoms with Gasteiger partial charge in [0.15, 0.2) is 5.16 Å².